The van der Waals surface area contributed by atoms with E-state index in [4.69, 9.17) is 15.0 Å². The summed E-state index contributed by atoms with van der Waals surface area (Å²) < 4.78 is 10.8. The molecule has 2 aromatic heterocycles. The Morgan fingerprint density at radius 2 is 2.05 bits per heavy atom. The Bertz CT molecular complexity index is 677. The van der Waals surface area contributed by atoms with E-state index < -0.39 is 0 Å². The molecule has 0 spiro atoms. The molecule has 0 aliphatic carbocycles. The van der Waals surface area contributed by atoms with Crippen molar-refractivity contribution in [2.75, 3.05) is 12.3 Å². The van der Waals surface area contributed by atoms with Crippen molar-refractivity contribution in [3.8, 4) is 16.5 Å². The van der Waals surface area contributed by atoms with Crippen molar-refractivity contribution >= 4 is 17.0 Å². The molecule has 2 N–H and O–H groups in total. The molecule has 108 valence electrons. The molecule has 0 saturated heterocycles. The van der Waals surface area contributed by atoms with E-state index in [1.165, 1.54) is 0 Å². The molecule has 0 radical (unpaired) electrons. The predicted molar refractivity (Wildman–Crippen MR) is 82.3 cm³/mol. The molecule has 6 heteroatoms. The number of nitrogens with zero attached hydrogens (tertiary/aromatic N) is 2. The maximum Gasteiger partial charge on any atom is 0.227 e. The van der Waals surface area contributed by atoms with E-state index >= 15 is 0 Å². The summed E-state index contributed by atoms with van der Waals surface area (Å²) in [6, 6.07) is 11.3. The number of hydrogen-bond donors (Lipinski definition) is 1. The van der Waals surface area contributed by atoms with Crippen molar-refractivity contribution in [3.05, 3.63) is 47.7 Å². The predicted octanol–water partition coefficient (Wildman–Crippen LogP) is 3.39. The van der Waals surface area contributed by atoms with Gasteiger partial charge in [0.15, 0.2) is 0 Å². The van der Waals surface area contributed by atoms with Gasteiger partial charge in [-0.1, -0.05) is 11.2 Å². The van der Waals surface area contributed by atoms with Crippen molar-refractivity contribution in [1.82, 2.24) is 10.1 Å². The first-order valence-corrected chi connectivity index (χ1v) is 7.54. The highest BCUT2D eigenvalue weighted by Crippen LogP contribution is 2.21. The molecule has 3 aromatic rings. The molecule has 0 atom stereocenters. The molecule has 3 rings (SSSR count). The fourth-order valence-electron chi connectivity index (χ4n) is 1.84. The topological polar surface area (TPSA) is 74.2 Å². The van der Waals surface area contributed by atoms with Crippen LogP contribution in [0.3, 0.4) is 0 Å². The van der Waals surface area contributed by atoms with Crippen LogP contribution in [0.4, 0.5) is 5.69 Å². The minimum atomic E-state index is 0.598. The first kappa shape index (κ1) is 13.6. The van der Waals surface area contributed by atoms with E-state index in [1.54, 1.807) is 11.3 Å². The molecule has 0 fully saturated rings. The summed E-state index contributed by atoms with van der Waals surface area (Å²) in [5, 5.41) is 5.97. The third-order valence-corrected chi connectivity index (χ3v) is 3.76. The molecule has 5 nitrogen and oxygen atoms in total. The van der Waals surface area contributed by atoms with E-state index in [2.05, 4.69) is 10.1 Å². The lowest BCUT2D eigenvalue weighted by Gasteiger charge is -2.04. The normalized spacial score (nSPS) is 10.7. The average molecular weight is 301 g/mol. The van der Waals surface area contributed by atoms with Crippen molar-refractivity contribution in [3.63, 3.8) is 0 Å². The molecule has 0 unspecified atom stereocenters. The van der Waals surface area contributed by atoms with E-state index in [0.717, 1.165) is 22.7 Å². The Labute approximate surface area is 126 Å². The van der Waals surface area contributed by atoms with Crippen LogP contribution in [0.25, 0.3) is 10.7 Å². The molecule has 1 aromatic carbocycles. The van der Waals surface area contributed by atoms with Gasteiger partial charge in [0.1, 0.15) is 5.75 Å². The standard InChI is InChI=1S/C15H15N3O2S/c16-11-5-7-12(8-6-11)19-9-1-4-14-17-15(18-20-14)13-3-2-10-21-13/h2-3,5-8,10H,1,4,9,16H2. The molecule has 0 aliphatic rings. The number of ether oxygens (including phenoxy) is 1. The summed E-state index contributed by atoms with van der Waals surface area (Å²) in [4.78, 5) is 5.39. The van der Waals surface area contributed by atoms with Crippen LogP contribution in [-0.2, 0) is 6.42 Å². The van der Waals surface area contributed by atoms with Crippen LogP contribution >= 0.6 is 11.3 Å². The number of nitrogen functional groups attached to an aromatic ring is 1. The number of nitrogens with two attached hydrogens (primary N) is 1. The van der Waals surface area contributed by atoms with Gasteiger partial charge in [-0.25, -0.2) is 0 Å². The van der Waals surface area contributed by atoms with Crippen LogP contribution < -0.4 is 10.5 Å². The third-order valence-electron chi connectivity index (χ3n) is 2.89. The van der Waals surface area contributed by atoms with Crippen LogP contribution in [0.5, 0.6) is 5.75 Å². The van der Waals surface area contributed by atoms with Gasteiger partial charge in [0.05, 0.1) is 11.5 Å². The molecular weight excluding hydrogens is 286 g/mol. The lowest BCUT2D eigenvalue weighted by molar-refractivity contribution is 0.298. The Hall–Kier alpha value is -2.34. The zero-order chi connectivity index (χ0) is 14.5. The lowest BCUT2D eigenvalue weighted by Crippen LogP contribution is -1.99. The molecule has 2 heterocycles. The van der Waals surface area contributed by atoms with Crippen molar-refractivity contribution < 1.29 is 9.26 Å². The summed E-state index contributed by atoms with van der Waals surface area (Å²) in [5.74, 6) is 2.10. The molecule has 0 bridgehead atoms. The number of aromatic nitrogens is 2. The second-order valence-electron chi connectivity index (χ2n) is 4.51. The zero-order valence-electron chi connectivity index (χ0n) is 11.4. The minimum Gasteiger partial charge on any atom is -0.494 e. The molecular formula is C15H15N3O2S. The smallest absolute Gasteiger partial charge is 0.227 e. The van der Waals surface area contributed by atoms with Crippen LogP contribution in [0.1, 0.15) is 12.3 Å². The van der Waals surface area contributed by atoms with Gasteiger partial charge in [-0.2, -0.15) is 4.98 Å². The quantitative estimate of drug-likeness (QED) is 0.558. The summed E-state index contributed by atoms with van der Waals surface area (Å²) >= 11 is 1.60. The summed E-state index contributed by atoms with van der Waals surface area (Å²) in [5.41, 5.74) is 6.35. The van der Waals surface area contributed by atoms with Gasteiger partial charge >= 0.3 is 0 Å². The maximum absolute atomic E-state index is 5.62. The van der Waals surface area contributed by atoms with E-state index in [1.807, 2.05) is 41.8 Å². The maximum atomic E-state index is 5.62. The third kappa shape index (κ3) is 3.61. The first-order valence-electron chi connectivity index (χ1n) is 6.66. The summed E-state index contributed by atoms with van der Waals surface area (Å²) in [6.07, 6.45) is 1.52. The first-order chi connectivity index (χ1) is 10.3. The summed E-state index contributed by atoms with van der Waals surface area (Å²) in [6.45, 7) is 0.598. The van der Waals surface area contributed by atoms with E-state index in [0.29, 0.717) is 24.7 Å². The number of hydrogen-bond acceptors (Lipinski definition) is 6. The van der Waals surface area contributed by atoms with Gasteiger partial charge in [-0.3, -0.25) is 0 Å². The number of aryl methyl sites for hydroxylation is 1. The van der Waals surface area contributed by atoms with Crippen molar-refractivity contribution in [1.29, 1.82) is 0 Å². The zero-order valence-corrected chi connectivity index (χ0v) is 12.2. The Morgan fingerprint density at radius 1 is 1.19 bits per heavy atom. The lowest BCUT2D eigenvalue weighted by atomic mass is 10.3. The van der Waals surface area contributed by atoms with Crippen LogP contribution in [-0.4, -0.2) is 16.7 Å². The number of thiophene rings is 1. The fraction of sp³-hybridized carbons (Fsp3) is 0.200. The van der Waals surface area contributed by atoms with Gasteiger partial charge in [-0.15, -0.1) is 11.3 Å². The Balaban J connectivity index is 1.46. The van der Waals surface area contributed by atoms with Gasteiger partial charge < -0.3 is 15.0 Å². The second kappa shape index (κ2) is 6.41. The Morgan fingerprint density at radius 3 is 2.81 bits per heavy atom. The van der Waals surface area contributed by atoms with E-state index in [-0.39, 0.29) is 0 Å². The second-order valence-corrected chi connectivity index (χ2v) is 5.46. The molecule has 0 saturated carbocycles. The minimum absolute atomic E-state index is 0.598. The number of rotatable bonds is 6. The Kier molecular flexibility index (Phi) is 4.16. The van der Waals surface area contributed by atoms with Crippen LogP contribution in [0, 0.1) is 0 Å². The van der Waals surface area contributed by atoms with Gasteiger partial charge in [-0.05, 0) is 42.1 Å². The highest BCUT2D eigenvalue weighted by molar-refractivity contribution is 7.13. The molecule has 21 heavy (non-hydrogen) atoms. The van der Waals surface area contributed by atoms with Gasteiger partial charge in [0, 0.05) is 12.1 Å². The number of benzene rings is 1. The van der Waals surface area contributed by atoms with E-state index in [9.17, 15) is 0 Å². The highest BCUT2D eigenvalue weighted by Gasteiger charge is 2.08. The average Bonchev–Trinajstić information content (AvgIpc) is 3.16. The van der Waals surface area contributed by atoms with Crippen LogP contribution in [0.2, 0.25) is 0 Å². The fourth-order valence-corrected chi connectivity index (χ4v) is 2.49. The molecule has 0 amide bonds. The SMILES string of the molecule is Nc1ccc(OCCCc2nc(-c3cccs3)no2)cc1. The van der Waals surface area contributed by atoms with Crippen LogP contribution in [0.15, 0.2) is 46.3 Å². The van der Waals surface area contributed by atoms with Gasteiger partial charge in [0.25, 0.3) is 0 Å². The van der Waals surface area contributed by atoms with Crippen molar-refractivity contribution in [2.24, 2.45) is 0 Å². The number of anilines is 1. The highest BCUT2D eigenvalue weighted by atomic mass is 32.1. The monoisotopic (exact) mass is 301 g/mol. The van der Waals surface area contributed by atoms with Crippen molar-refractivity contribution in [2.45, 2.75) is 12.8 Å². The van der Waals surface area contributed by atoms with Gasteiger partial charge in [0.2, 0.25) is 11.7 Å². The summed E-state index contributed by atoms with van der Waals surface area (Å²) in [7, 11) is 0. The largest absolute Gasteiger partial charge is 0.494 e. The molecule has 0 aliphatic heterocycles.